The van der Waals surface area contributed by atoms with Crippen LogP contribution < -0.4 is 9.47 Å². The number of ketones is 1. The second-order valence-electron chi connectivity index (χ2n) is 4.39. The highest BCUT2D eigenvalue weighted by molar-refractivity contribution is 6.29. The molecule has 132 valence electrons. The minimum Gasteiger partial charge on any atom is -0.431 e. The Morgan fingerprint density at radius 2 is 1.72 bits per heavy atom. The number of rotatable bonds is 7. The van der Waals surface area contributed by atoms with Gasteiger partial charge in [0, 0.05) is 0 Å². The maximum absolute atomic E-state index is 12.4. The number of allylic oxidation sites excluding steroid dienone is 1. The Hall–Kier alpha value is -2.68. The SMILES string of the molecule is O=C(/C=C/c1ccc(OC(F)F)c(OC(F)F)c1)c1cnc(Cl)cn1. The van der Waals surface area contributed by atoms with Gasteiger partial charge < -0.3 is 9.47 Å². The van der Waals surface area contributed by atoms with E-state index in [9.17, 15) is 22.4 Å². The molecule has 0 radical (unpaired) electrons. The number of benzene rings is 1. The Labute approximate surface area is 143 Å². The molecule has 0 saturated carbocycles. The smallest absolute Gasteiger partial charge is 0.387 e. The second kappa shape index (κ2) is 8.43. The fraction of sp³-hybridized carbons (Fsp3) is 0.133. The molecule has 0 atom stereocenters. The van der Waals surface area contributed by atoms with Gasteiger partial charge in [0.15, 0.2) is 11.5 Å². The highest BCUT2D eigenvalue weighted by atomic mass is 35.5. The number of aromatic nitrogens is 2. The van der Waals surface area contributed by atoms with Gasteiger partial charge in [-0.1, -0.05) is 23.7 Å². The van der Waals surface area contributed by atoms with Crippen LogP contribution in [0.15, 0.2) is 36.7 Å². The first-order chi connectivity index (χ1) is 11.8. The van der Waals surface area contributed by atoms with E-state index in [1.54, 1.807) is 0 Å². The minimum atomic E-state index is -3.23. The number of alkyl halides is 4. The molecule has 5 nitrogen and oxygen atoms in total. The van der Waals surface area contributed by atoms with E-state index in [1.807, 2.05) is 0 Å². The van der Waals surface area contributed by atoms with Crippen LogP contribution in [-0.2, 0) is 0 Å². The van der Waals surface area contributed by atoms with E-state index in [1.165, 1.54) is 24.5 Å². The first kappa shape index (κ1) is 18.7. The molecule has 0 bridgehead atoms. The van der Waals surface area contributed by atoms with Crippen LogP contribution in [0, 0.1) is 0 Å². The van der Waals surface area contributed by atoms with Crippen LogP contribution in [0.4, 0.5) is 17.6 Å². The van der Waals surface area contributed by atoms with E-state index in [0.29, 0.717) is 0 Å². The average Bonchev–Trinajstić information content (AvgIpc) is 2.54. The Morgan fingerprint density at radius 3 is 2.32 bits per heavy atom. The van der Waals surface area contributed by atoms with Crippen molar-refractivity contribution in [2.75, 3.05) is 0 Å². The lowest BCUT2D eigenvalue weighted by Gasteiger charge is -2.12. The monoisotopic (exact) mass is 376 g/mol. The van der Waals surface area contributed by atoms with Crippen LogP contribution in [0.25, 0.3) is 6.08 Å². The third-order valence-corrected chi connectivity index (χ3v) is 2.89. The van der Waals surface area contributed by atoms with Gasteiger partial charge in [0.1, 0.15) is 10.8 Å². The normalized spacial score (nSPS) is 11.3. The summed E-state index contributed by atoms with van der Waals surface area (Å²) in [4.78, 5) is 19.4. The molecule has 2 rings (SSSR count). The Morgan fingerprint density at radius 1 is 1.04 bits per heavy atom. The largest absolute Gasteiger partial charge is 0.431 e. The molecule has 0 N–H and O–H groups in total. The number of hydrogen-bond acceptors (Lipinski definition) is 5. The van der Waals surface area contributed by atoms with E-state index in [-0.39, 0.29) is 16.4 Å². The van der Waals surface area contributed by atoms with E-state index in [0.717, 1.165) is 18.2 Å². The molecule has 10 heteroatoms. The standard InChI is InChI=1S/C15H9ClF4N2O3/c16-13-7-21-9(6-22-13)10(23)3-1-8-2-4-11(24-14(17)18)12(5-8)25-15(19)20/h1-7,14-15H/b3-1+. The molecule has 1 aromatic carbocycles. The summed E-state index contributed by atoms with van der Waals surface area (Å²) in [5.41, 5.74) is 0.259. The number of hydrogen-bond donors (Lipinski definition) is 0. The molecule has 25 heavy (non-hydrogen) atoms. The predicted molar refractivity (Wildman–Crippen MR) is 80.1 cm³/mol. The Kier molecular flexibility index (Phi) is 6.29. The van der Waals surface area contributed by atoms with Crippen molar-refractivity contribution in [1.82, 2.24) is 9.97 Å². The minimum absolute atomic E-state index is 0.0161. The van der Waals surface area contributed by atoms with Crippen LogP contribution in [0.3, 0.4) is 0 Å². The van der Waals surface area contributed by atoms with E-state index in [4.69, 9.17) is 11.6 Å². The average molecular weight is 377 g/mol. The van der Waals surface area contributed by atoms with Crippen molar-refractivity contribution in [3.63, 3.8) is 0 Å². The number of halogens is 5. The summed E-state index contributed by atoms with van der Waals surface area (Å²) >= 11 is 5.56. The summed E-state index contributed by atoms with van der Waals surface area (Å²) in [5.74, 6) is -1.66. The number of nitrogens with zero attached hydrogens (tertiary/aromatic N) is 2. The summed E-state index contributed by atoms with van der Waals surface area (Å²) in [6.45, 7) is -6.43. The highest BCUT2D eigenvalue weighted by Gasteiger charge is 2.15. The van der Waals surface area contributed by atoms with Crippen LogP contribution >= 0.6 is 11.6 Å². The first-order valence-corrected chi connectivity index (χ1v) is 6.96. The van der Waals surface area contributed by atoms with Crippen LogP contribution in [0.2, 0.25) is 5.15 Å². The molecule has 0 aliphatic heterocycles. The molecular weight excluding hydrogens is 368 g/mol. The summed E-state index contributed by atoms with van der Waals surface area (Å²) in [5, 5.41) is 0.115. The summed E-state index contributed by atoms with van der Waals surface area (Å²) in [6.07, 6.45) is 4.73. The summed E-state index contributed by atoms with van der Waals surface area (Å²) in [7, 11) is 0. The van der Waals surface area contributed by atoms with Gasteiger partial charge >= 0.3 is 13.2 Å². The zero-order chi connectivity index (χ0) is 18.4. The second-order valence-corrected chi connectivity index (χ2v) is 4.77. The maximum atomic E-state index is 12.4. The van der Waals surface area contributed by atoms with Crippen LogP contribution in [0.5, 0.6) is 11.5 Å². The quantitative estimate of drug-likeness (QED) is 0.411. The molecule has 2 aromatic rings. The van der Waals surface area contributed by atoms with Gasteiger partial charge in [-0.15, -0.1) is 0 Å². The number of carbonyl (C=O) groups excluding carboxylic acids is 1. The van der Waals surface area contributed by atoms with Crippen molar-refractivity contribution in [2.24, 2.45) is 0 Å². The number of ether oxygens (including phenoxy) is 2. The van der Waals surface area contributed by atoms with Crippen molar-refractivity contribution in [1.29, 1.82) is 0 Å². The molecule has 1 heterocycles. The fourth-order valence-electron chi connectivity index (χ4n) is 1.71. The Bertz CT molecular complexity index is 770. The van der Waals surface area contributed by atoms with Crippen molar-refractivity contribution >= 4 is 23.5 Å². The van der Waals surface area contributed by atoms with E-state index in [2.05, 4.69) is 19.4 Å². The molecule has 0 unspecified atom stereocenters. The van der Waals surface area contributed by atoms with Crippen LogP contribution in [-0.4, -0.2) is 29.0 Å². The van der Waals surface area contributed by atoms with Crippen molar-refractivity contribution in [3.8, 4) is 11.5 Å². The van der Waals surface area contributed by atoms with Gasteiger partial charge in [0.05, 0.1) is 12.4 Å². The summed E-state index contributed by atoms with van der Waals surface area (Å²) in [6, 6.07) is 3.34. The zero-order valence-corrected chi connectivity index (χ0v) is 13.0. The van der Waals surface area contributed by atoms with Gasteiger partial charge in [-0.3, -0.25) is 4.79 Å². The zero-order valence-electron chi connectivity index (χ0n) is 12.2. The lowest BCUT2D eigenvalue weighted by molar-refractivity contribution is -0.0692. The van der Waals surface area contributed by atoms with Gasteiger partial charge in [-0.05, 0) is 23.8 Å². The van der Waals surface area contributed by atoms with E-state index < -0.39 is 30.5 Å². The van der Waals surface area contributed by atoms with Crippen molar-refractivity contribution in [2.45, 2.75) is 13.2 Å². The van der Waals surface area contributed by atoms with Gasteiger partial charge in [0.25, 0.3) is 0 Å². The molecule has 0 aliphatic carbocycles. The molecule has 0 saturated heterocycles. The van der Waals surface area contributed by atoms with Crippen molar-refractivity contribution in [3.05, 3.63) is 53.1 Å². The highest BCUT2D eigenvalue weighted by Crippen LogP contribution is 2.31. The maximum Gasteiger partial charge on any atom is 0.387 e. The first-order valence-electron chi connectivity index (χ1n) is 6.59. The van der Waals surface area contributed by atoms with Gasteiger partial charge in [-0.2, -0.15) is 17.6 Å². The Balaban J connectivity index is 2.20. The van der Waals surface area contributed by atoms with E-state index >= 15 is 0 Å². The predicted octanol–water partition coefficient (Wildman–Crippen LogP) is 4.23. The molecule has 0 amide bonds. The third-order valence-electron chi connectivity index (χ3n) is 2.70. The van der Waals surface area contributed by atoms with Gasteiger partial charge in [-0.25, -0.2) is 9.97 Å². The van der Waals surface area contributed by atoms with Gasteiger partial charge in [0.2, 0.25) is 5.78 Å². The van der Waals surface area contributed by atoms with Crippen molar-refractivity contribution < 1.29 is 31.8 Å². The topological polar surface area (TPSA) is 61.3 Å². The number of carbonyl (C=O) groups is 1. The molecular formula is C15H9ClF4N2O3. The molecule has 0 spiro atoms. The summed E-state index contributed by atoms with van der Waals surface area (Å²) < 4.78 is 57.5. The lowest BCUT2D eigenvalue weighted by atomic mass is 10.1. The molecule has 1 aromatic heterocycles. The molecule has 0 fully saturated rings. The fourth-order valence-corrected chi connectivity index (χ4v) is 1.80. The van der Waals surface area contributed by atoms with Crippen LogP contribution in [0.1, 0.15) is 16.1 Å². The third kappa shape index (κ3) is 5.71. The molecule has 0 aliphatic rings. The lowest BCUT2D eigenvalue weighted by Crippen LogP contribution is -2.07.